The van der Waals surface area contributed by atoms with Crippen LogP contribution in [0.2, 0.25) is 0 Å². The van der Waals surface area contributed by atoms with Crippen LogP contribution in [0.4, 0.5) is 0 Å². The smallest absolute Gasteiger partial charge is 0.223 e. The number of guanidine groups is 1. The summed E-state index contributed by atoms with van der Waals surface area (Å²) in [5.74, 6) is 1.20. The second-order valence-corrected chi connectivity index (χ2v) is 6.67. The van der Waals surface area contributed by atoms with Crippen molar-refractivity contribution in [2.24, 2.45) is 10.9 Å². The molecule has 24 heavy (non-hydrogen) atoms. The van der Waals surface area contributed by atoms with Crippen LogP contribution in [0.15, 0.2) is 35.3 Å². The first kappa shape index (κ1) is 20.7. The van der Waals surface area contributed by atoms with Gasteiger partial charge in [-0.3, -0.25) is 9.79 Å². The fourth-order valence-electron chi connectivity index (χ4n) is 2.37. The minimum absolute atomic E-state index is 0. The molecule has 0 bridgehead atoms. The van der Waals surface area contributed by atoms with Gasteiger partial charge >= 0.3 is 0 Å². The molecule has 1 amide bonds. The minimum atomic E-state index is 0. The van der Waals surface area contributed by atoms with Crippen LogP contribution in [0.5, 0.6) is 0 Å². The number of carbonyl (C=O) groups excluding carboxylic acids is 1. The molecule has 0 heterocycles. The third kappa shape index (κ3) is 6.67. The predicted molar refractivity (Wildman–Crippen MR) is 110 cm³/mol. The number of rotatable bonds is 7. The molecule has 1 aromatic carbocycles. The Balaban J connectivity index is 0.00000288. The number of benzene rings is 1. The second-order valence-electron chi connectivity index (χ2n) is 6.67. The molecule has 0 atom stereocenters. The first-order valence-corrected chi connectivity index (χ1v) is 8.31. The van der Waals surface area contributed by atoms with Crippen LogP contribution in [-0.4, -0.2) is 38.5 Å². The van der Waals surface area contributed by atoms with Gasteiger partial charge in [0.05, 0.1) is 0 Å². The Morgan fingerprint density at radius 3 is 2.33 bits per heavy atom. The summed E-state index contributed by atoms with van der Waals surface area (Å²) in [6.07, 6.45) is 2.08. The summed E-state index contributed by atoms with van der Waals surface area (Å²) in [5.41, 5.74) is 1.30. The molecule has 6 heteroatoms. The second kappa shape index (κ2) is 9.86. The van der Waals surface area contributed by atoms with Gasteiger partial charge in [0.15, 0.2) is 5.96 Å². The number of hydrogen-bond donors (Lipinski definition) is 3. The Morgan fingerprint density at radius 1 is 1.12 bits per heavy atom. The number of aliphatic imine (C=N–C) groups is 1. The third-order valence-electron chi connectivity index (χ3n) is 4.14. The van der Waals surface area contributed by atoms with Crippen LogP contribution in [0.3, 0.4) is 0 Å². The van der Waals surface area contributed by atoms with E-state index in [-0.39, 0.29) is 41.2 Å². The van der Waals surface area contributed by atoms with Crippen molar-refractivity contribution in [2.45, 2.75) is 32.1 Å². The highest BCUT2D eigenvalue weighted by atomic mass is 127. The largest absolute Gasteiger partial charge is 0.356 e. The van der Waals surface area contributed by atoms with Crippen LogP contribution >= 0.6 is 24.0 Å². The molecule has 0 aromatic heterocycles. The number of nitrogens with zero attached hydrogens (tertiary/aromatic N) is 1. The molecule has 1 aliphatic carbocycles. The van der Waals surface area contributed by atoms with E-state index < -0.39 is 0 Å². The SMILES string of the molecule is CN=C(NCCNC(=O)C1CC1)NCC(C)(C)c1ccccc1.I. The number of nitrogens with one attached hydrogen (secondary N) is 3. The topological polar surface area (TPSA) is 65.5 Å². The third-order valence-corrected chi connectivity index (χ3v) is 4.14. The van der Waals surface area contributed by atoms with Crippen LogP contribution in [0.25, 0.3) is 0 Å². The molecule has 2 rings (SSSR count). The van der Waals surface area contributed by atoms with Crippen molar-refractivity contribution >= 4 is 35.8 Å². The van der Waals surface area contributed by atoms with Gasteiger partial charge in [0.25, 0.3) is 0 Å². The van der Waals surface area contributed by atoms with Crippen molar-refractivity contribution in [3.05, 3.63) is 35.9 Å². The maximum absolute atomic E-state index is 11.5. The lowest BCUT2D eigenvalue weighted by Gasteiger charge is -2.26. The van der Waals surface area contributed by atoms with Gasteiger partial charge in [0.2, 0.25) is 5.91 Å². The highest BCUT2D eigenvalue weighted by Crippen LogP contribution is 2.28. The Labute approximate surface area is 162 Å². The molecule has 0 unspecified atom stereocenters. The number of hydrogen-bond acceptors (Lipinski definition) is 2. The van der Waals surface area contributed by atoms with Crippen molar-refractivity contribution in [2.75, 3.05) is 26.7 Å². The Morgan fingerprint density at radius 2 is 1.75 bits per heavy atom. The van der Waals surface area contributed by atoms with Crippen LogP contribution in [-0.2, 0) is 10.2 Å². The van der Waals surface area contributed by atoms with E-state index >= 15 is 0 Å². The molecule has 134 valence electrons. The first-order valence-electron chi connectivity index (χ1n) is 8.31. The van der Waals surface area contributed by atoms with E-state index in [1.54, 1.807) is 7.05 Å². The lowest BCUT2D eigenvalue weighted by atomic mass is 9.85. The van der Waals surface area contributed by atoms with Crippen LogP contribution < -0.4 is 16.0 Å². The minimum Gasteiger partial charge on any atom is -0.356 e. The van der Waals surface area contributed by atoms with E-state index in [0.717, 1.165) is 25.3 Å². The van der Waals surface area contributed by atoms with E-state index in [4.69, 9.17) is 0 Å². The number of carbonyl (C=O) groups is 1. The van der Waals surface area contributed by atoms with Gasteiger partial charge in [-0.2, -0.15) is 0 Å². The summed E-state index contributed by atoms with van der Waals surface area (Å²) in [5, 5.41) is 9.53. The van der Waals surface area contributed by atoms with Gasteiger partial charge in [-0.15, -0.1) is 24.0 Å². The highest BCUT2D eigenvalue weighted by Gasteiger charge is 2.29. The molecular formula is C18H29IN4O. The summed E-state index contributed by atoms with van der Waals surface area (Å²) in [6, 6.07) is 10.4. The summed E-state index contributed by atoms with van der Waals surface area (Å²) in [4.78, 5) is 15.8. The lowest BCUT2D eigenvalue weighted by Crippen LogP contribution is -2.45. The van der Waals surface area contributed by atoms with Crippen molar-refractivity contribution in [1.82, 2.24) is 16.0 Å². The van der Waals surface area contributed by atoms with E-state index in [9.17, 15) is 4.79 Å². The average Bonchev–Trinajstić information content (AvgIpc) is 3.40. The Bertz CT molecular complexity index is 541. The van der Waals surface area contributed by atoms with Crippen molar-refractivity contribution < 1.29 is 4.79 Å². The van der Waals surface area contributed by atoms with Gasteiger partial charge in [0, 0.05) is 38.0 Å². The zero-order chi connectivity index (χ0) is 16.7. The highest BCUT2D eigenvalue weighted by molar-refractivity contribution is 14.0. The molecule has 0 saturated heterocycles. The molecule has 0 aliphatic heterocycles. The van der Waals surface area contributed by atoms with E-state index in [2.05, 4.69) is 59.1 Å². The molecule has 1 aromatic rings. The lowest BCUT2D eigenvalue weighted by molar-refractivity contribution is -0.122. The fourth-order valence-corrected chi connectivity index (χ4v) is 2.37. The van der Waals surface area contributed by atoms with Crippen molar-refractivity contribution in [3.8, 4) is 0 Å². The van der Waals surface area contributed by atoms with Gasteiger partial charge in [-0.1, -0.05) is 44.2 Å². The zero-order valence-electron chi connectivity index (χ0n) is 14.8. The molecule has 0 spiro atoms. The molecule has 3 N–H and O–H groups in total. The normalized spacial score (nSPS) is 14.5. The molecule has 5 nitrogen and oxygen atoms in total. The van der Waals surface area contributed by atoms with E-state index in [0.29, 0.717) is 13.1 Å². The number of halogens is 1. The summed E-state index contributed by atoms with van der Waals surface area (Å²) in [7, 11) is 1.76. The maximum atomic E-state index is 11.5. The fraction of sp³-hybridized carbons (Fsp3) is 0.556. The molecule has 1 saturated carbocycles. The first-order chi connectivity index (χ1) is 11.0. The molecule has 0 radical (unpaired) electrons. The van der Waals surface area contributed by atoms with Crippen LogP contribution in [0.1, 0.15) is 32.3 Å². The van der Waals surface area contributed by atoms with E-state index in [1.807, 2.05) is 6.07 Å². The zero-order valence-corrected chi connectivity index (χ0v) is 17.1. The molecule has 1 aliphatic rings. The standard InChI is InChI=1S/C18H28N4O.HI/c1-18(2,15-7-5-4-6-8-15)13-22-17(19-3)21-12-11-20-16(23)14-9-10-14;/h4-8,14H,9-13H2,1-3H3,(H,20,23)(H2,19,21,22);1H. The van der Waals surface area contributed by atoms with Gasteiger partial charge in [0.1, 0.15) is 0 Å². The van der Waals surface area contributed by atoms with Gasteiger partial charge in [-0.25, -0.2) is 0 Å². The predicted octanol–water partition coefficient (Wildman–Crippen LogP) is 2.27. The maximum Gasteiger partial charge on any atom is 0.223 e. The quantitative estimate of drug-likeness (QED) is 0.262. The number of amides is 1. The Hall–Kier alpha value is -1.31. The summed E-state index contributed by atoms with van der Waals surface area (Å²) < 4.78 is 0. The summed E-state index contributed by atoms with van der Waals surface area (Å²) >= 11 is 0. The van der Waals surface area contributed by atoms with Crippen molar-refractivity contribution in [1.29, 1.82) is 0 Å². The Kier molecular flexibility index (Phi) is 8.52. The van der Waals surface area contributed by atoms with Crippen LogP contribution in [0, 0.1) is 5.92 Å². The molecular weight excluding hydrogens is 415 g/mol. The average molecular weight is 444 g/mol. The summed E-state index contributed by atoms with van der Waals surface area (Å²) in [6.45, 7) is 6.49. The van der Waals surface area contributed by atoms with Gasteiger partial charge in [-0.05, 0) is 18.4 Å². The monoisotopic (exact) mass is 444 g/mol. The van der Waals surface area contributed by atoms with Gasteiger partial charge < -0.3 is 16.0 Å². The van der Waals surface area contributed by atoms with E-state index in [1.165, 1.54) is 5.56 Å². The molecule has 1 fully saturated rings. The van der Waals surface area contributed by atoms with Crippen molar-refractivity contribution in [3.63, 3.8) is 0 Å².